The summed E-state index contributed by atoms with van der Waals surface area (Å²) in [5.41, 5.74) is 1.23. The van der Waals surface area contributed by atoms with E-state index in [9.17, 15) is 14.4 Å². The molecule has 1 aromatic carbocycles. The average molecular weight is 397 g/mol. The molecule has 0 saturated carbocycles. The van der Waals surface area contributed by atoms with Crippen molar-refractivity contribution in [3.63, 3.8) is 0 Å². The lowest BCUT2D eigenvalue weighted by atomic mass is 10.0. The number of aryl methyl sites for hydroxylation is 1. The Balaban J connectivity index is 1.92. The summed E-state index contributed by atoms with van der Waals surface area (Å²) in [5.74, 6) is -0.556. The highest BCUT2D eigenvalue weighted by molar-refractivity contribution is 6.03. The van der Waals surface area contributed by atoms with Crippen molar-refractivity contribution in [1.29, 1.82) is 0 Å². The first-order valence-corrected chi connectivity index (χ1v) is 9.37. The van der Waals surface area contributed by atoms with Crippen molar-refractivity contribution in [2.45, 2.75) is 40.2 Å². The highest BCUT2D eigenvalue weighted by Gasteiger charge is 2.24. The lowest BCUT2D eigenvalue weighted by Crippen LogP contribution is -2.28. The fraction of sp³-hybridized carbons (Fsp3) is 0.333. The number of para-hydroxylation sites is 1. The van der Waals surface area contributed by atoms with Crippen LogP contribution in [0.4, 0.5) is 5.69 Å². The van der Waals surface area contributed by atoms with E-state index in [1.807, 2.05) is 38.1 Å². The zero-order valence-electron chi connectivity index (χ0n) is 16.8. The van der Waals surface area contributed by atoms with Gasteiger partial charge in [0.25, 0.3) is 5.56 Å². The van der Waals surface area contributed by atoms with E-state index in [1.165, 1.54) is 6.33 Å². The number of nitrogens with zero attached hydrogens (tertiary/aromatic N) is 2. The molecule has 3 rings (SSSR count). The summed E-state index contributed by atoms with van der Waals surface area (Å²) in [6.07, 6.45) is 1.23. The number of carbonyl (C=O) groups is 2. The number of esters is 1. The van der Waals surface area contributed by atoms with Crippen LogP contribution in [-0.2, 0) is 16.1 Å². The topological polar surface area (TPSA) is 103 Å². The molecule has 0 aliphatic heterocycles. The molecule has 1 N–H and O–H groups in total. The number of rotatable bonds is 6. The second kappa shape index (κ2) is 8.30. The zero-order chi connectivity index (χ0) is 21.1. The Hall–Kier alpha value is -3.42. The van der Waals surface area contributed by atoms with Gasteiger partial charge in [-0.25, -0.2) is 9.78 Å². The molecule has 0 radical (unpaired) electrons. The molecular weight excluding hydrogens is 374 g/mol. The van der Waals surface area contributed by atoms with Gasteiger partial charge in [-0.05, 0) is 31.4 Å². The molecule has 0 atom stereocenters. The largest absolute Gasteiger partial charge is 0.462 e. The van der Waals surface area contributed by atoms with E-state index < -0.39 is 11.5 Å². The quantitative estimate of drug-likeness (QED) is 0.641. The molecule has 0 spiro atoms. The maximum absolute atomic E-state index is 12.9. The molecule has 8 heteroatoms. The number of anilines is 1. The number of benzene rings is 1. The normalized spacial score (nSPS) is 11.1. The smallest absolute Gasteiger partial charge is 0.342 e. The number of carbonyl (C=O) groups excluding carboxylic acids is 2. The number of amides is 1. The molecule has 1 amide bonds. The molecule has 2 aromatic heterocycles. The molecule has 2 heterocycles. The first-order valence-electron chi connectivity index (χ1n) is 9.37. The summed E-state index contributed by atoms with van der Waals surface area (Å²) in [4.78, 5) is 41.8. The third-order valence-electron chi connectivity index (χ3n) is 4.51. The maximum Gasteiger partial charge on any atom is 0.342 e. The van der Waals surface area contributed by atoms with Crippen LogP contribution in [0.15, 0.2) is 39.8 Å². The molecule has 0 bridgehead atoms. The molecule has 0 saturated heterocycles. The van der Waals surface area contributed by atoms with Crippen LogP contribution in [0.5, 0.6) is 0 Å². The Bertz CT molecular complexity index is 1130. The first kappa shape index (κ1) is 20.3. The molecule has 29 heavy (non-hydrogen) atoms. The number of fused-ring (bicyclic) bond motifs is 1. The van der Waals surface area contributed by atoms with Gasteiger partial charge in [0.15, 0.2) is 0 Å². The van der Waals surface area contributed by atoms with Crippen LogP contribution in [0, 0.1) is 6.92 Å². The van der Waals surface area contributed by atoms with Crippen LogP contribution in [0.25, 0.3) is 11.1 Å². The highest BCUT2D eigenvalue weighted by Crippen LogP contribution is 2.24. The van der Waals surface area contributed by atoms with Gasteiger partial charge in [-0.1, -0.05) is 32.0 Å². The minimum atomic E-state index is -0.657. The van der Waals surface area contributed by atoms with E-state index in [1.54, 1.807) is 13.8 Å². The van der Waals surface area contributed by atoms with E-state index in [0.29, 0.717) is 5.69 Å². The van der Waals surface area contributed by atoms with Gasteiger partial charge in [0.05, 0.1) is 6.61 Å². The highest BCUT2D eigenvalue weighted by atomic mass is 16.5. The average Bonchev–Trinajstić information content (AvgIpc) is 3.01. The van der Waals surface area contributed by atoms with Gasteiger partial charge in [-0.2, -0.15) is 0 Å². The minimum Gasteiger partial charge on any atom is -0.462 e. The third kappa shape index (κ3) is 4.06. The van der Waals surface area contributed by atoms with Crippen molar-refractivity contribution in [3.8, 4) is 0 Å². The van der Waals surface area contributed by atoms with Crippen LogP contribution in [-0.4, -0.2) is 28.0 Å². The lowest BCUT2D eigenvalue weighted by Gasteiger charge is -2.14. The molecule has 8 nitrogen and oxygen atoms in total. The fourth-order valence-corrected chi connectivity index (χ4v) is 3.16. The number of furan rings is 1. The molecule has 0 unspecified atom stereocenters. The van der Waals surface area contributed by atoms with E-state index in [2.05, 4.69) is 10.3 Å². The van der Waals surface area contributed by atoms with Crippen LogP contribution in [0.3, 0.4) is 0 Å². The summed E-state index contributed by atoms with van der Waals surface area (Å²) < 4.78 is 11.6. The standard InChI is InChI=1S/C21H23N3O5/c1-5-28-21(27)17-13(4)29-19-18(17)20(26)24(11-22-19)10-16(25)23-15-9-7-6-8-14(15)12(2)3/h6-9,11-12H,5,10H2,1-4H3,(H,23,25). The van der Waals surface area contributed by atoms with Crippen molar-refractivity contribution >= 4 is 28.7 Å². The molecule has 0 aliphatic carbocycles. The zero-order valence-corrected chi connectivity index (χ0v) is 16.8. The molecule has 3 aromatic rings. The Morgan fingerprint density at radius 3 is 2.69 bits per heavy atom. The van der Waals surface area contributed by atoms with Crippen molar-refractivity contribution in [3.05, 3.63) is 57.8 Å². The Kier molecular flexibility index (Phi) is 5.81. The predicted octanol–water partition coefficient (Wildman–Crippen LogP) is 3.24. The lowest BCUT2D eigenvalue weighted by molar-refractivity contribution is -0.116. The van der Waals surface area contributed by atoms with Gasteiger partial charge >= 0.3 is 5.97 Å². The molecular formula is C21H23N3O5. The number of ether oxygens (including phenoxy) is 1. The second-order valence-corrected chi connectivity index (χ2v) is 6.90. The second-order valence-electron chi connectivity index (χ2n) is 6.90. The van der Waals surface area contributed by atoms with E-state index in [-0.39, 0.29) is 47.4 Å². The van der Waals surface area contributed by atoms with Crippen LogP contribution in [0.2, 0.25) is 0 Å². The number of aromatic nitrogens is 2. The first-order chi connectivity index (χ1) is 13.8. The third-order valence-corrected chi connectivity index (χ3v) is 4.51. The SMILES string of the molecule is CCOC(=O)c1c(C)oc2ncn(CC(=O)Nc3ccccc3C(C)C)c(=O)c12. The van der Waals surface area contributed by atoms with Crippen molar-refractivity contribution in [2.24, 2.45) is 0 Å². The molecule has 152 valence electrons. The number of nitrogens with one attached hydrogen (secondary N) is 1. The van der Waals surface area contributed by atoms with Crippen LogP contribution in [0.1, 0.15) is 48.4 Å². The predicted molar refractivity (Wildman–Crippen MR) is 108 cm³/mol. The summed E-state index contributed by atoms with van der Waals surface area (Å²) in [6, 6.07) is 7.50. The summed E-state index contributed by atoms with van der Waals surface area (Å²) in [6.45, 7) is 7.22. The monoisotopic (exact) mass is 397 g/mol. The van der Waals surface area contributed by atoms with E-state index >= 15 is 0 Å². The van der Waals surface area contributed by atoms with Gasteiger partial charge in [-0.15, -0.1) is 0 Å². The van der Waals surface area contributed by atoms with Crippen LogP contribution >= 0.6 is 0 Å². The van der Waals surface area contributed by atoms with Gasteiger partial charge < -0.3 is 14.5 Å². The van der Waals surface area contributed by atoms with Gasteiger partial charge in [0.2, 0.25) is 11.6 Å². The van der Waals surface area contributed by atoms with Crippen molar-refractivity contribution < 1.29 is 18.7 Å². The van der Waals surface area contributed by atoms with E-state index in [0.717, 1.165) is 10.1 Å². The Morgan fingerprint density at radius 1 is 1.28 bits per heavy atom. The van der Waals surface area contributed by atoms with Crippen LogP contribution < -0.4 is 10.9 Å². The Morgan fingerprint density at radius 2 is 2.00 bits per heavy atom. The van der Waals surface area contributed by atoms with Gasteiger partial charge in [0, 0.05) is 5.69 Å². The minimum absolute atomic E-state index is 0.0128. The molecule has 0 fully saturated rings. The van der Waals surface area contributed by atoms with Crippen molar-refractivity contribution in [1.82, 2.24) is 9.55 Å². The number of hydrogen-bond donors (Lipinski definition) is 1. The molecule has 0 aliphatic rings. The Labute approximate surface area is 167 Å². The van der Waals surface area contributed by atoms with Crippen molar-refractivity contribution in [2.75, 3.05) is 11.9 Å². The number of hydrogen-bond acceptors (Lipinski definition) is 6. The summed E-state index contributed by atoms with van der Waals surface area (Å²) in [5, 5.41) is 2.85. The summed E-state index contributed by atoms with van der Waals surface area (Å²) in [7, 11) is 0. The summed E-state index contributed by atoms with van der Waals surface area (Å²) >= 11 is 0. The van der Waals surface area contributed by atoms with E-state index in [4.69, 9.17) is 9.15 Å². The van der Waals surface area contributed by atoms with Gasteiger partial charge in [0.1, 0.15) is 29.6 Å². The fourth-order valence-electron chi connectivity index (χ4n) is 3.16. The van der Waals surface area contributed by atoms with Gasteiger partial charge in [-0.3, -0.25) is 14.2 Å². The maximum atomic E-state index is 12.9.